The average molecular weight is 659 g/mol. The van der Waals surface area contributed by atoms with Crippen molar-refractivity contribution in [2.24, 2.45) is 0 Å². The lowest BCUT2D eigenvalue weighted by Gasteiger charge is -2.19. The van der Waals surface area contributed by atoms with Crippen LogP contribution in [0, 0.1) is 0 Å². The molecule has 3 rings (SSSR count). The van der Waals surface area contributed by atoms with E-state index in [0.717, 1.165) is 34.4 Å². The molecule has 254 valence electrons. The molecule has 0 aliphatic carbocycles. The number of alkyl halides is 5. The highest BCUT2D eigenvalue weighted by Crippen LogP contribution is 2.39. The first-order chi connectivity index (χ1) is 22.3. The van der Waals surface area contributed by atoms with Crippen molar-refractivity contribution in [3.8, 4) is 11.5 Å². The Morgan fingerprint density at radius 2 is 1.43 bits per heavy atom. The molecule has 3 aromatic rings. The van der Waals surface area contributed by atoms with Crippen LogP contribution in [-0.4, -0.2) is 73.2 Å². The van der Waals surface area contributed by atoms with E-state index in [-0.39, 0.29) is 31.0 Å². The Morgan fingerprint density at radius 3 is 2.02 bits per heavy atom. The molecule has 0 unspecified atom stereocenters. The monoisotopic (exact) mass is 658 g/mol. The van der Waals surface area contributed by atoms with Gasteiger partial charge in [0.15, 0.2) is 0 Å². The third-order valence-corrected chi connectivity index (χ3v) is 7.77. The van der Waals surface area contributed by atoms with Crippen LogP contribution in [0.1, 0.15) is 55.7 Å². The van der Waals surface area contributed by atoms with Crippen LogP contribution in [-0.2, 0) is 4.79 Å². The fourth-order valence-corrected chi connectivity index (χ4v) is 5.02. The molecule has 1 N–H and O–H groups in total. The molecule has 0 aliphatic rings. The number of phenolic OH excluding ortho intramolecular Hbond substituents is 1. The third kappa shape index (κ3) is 11.5. The van der Waals surface area contributed by atoms with Gasteiger partial charge in [0.25, 0.3) is 0 Å². The SMILES string of the molecule is CCC(=C(c1ccc(O)cc1)c1ccc(OCCN(C)CC=CC(=O)N(C)CCCCCC(F)(F)C(F)(F)F)cc1)c1ccccc1. The molecule has 0 saturated heterocycles. The van der Waals surface area contributed by atoms with Crippen molar-refractivity contribution in [3.05, 3.63) is 108 Å². The lowest BCUT2D eigenvalue weighted by molar-refractivity contribution is -0.284. The summed E-state index contributed by atoms with van der Waals surface area (Å²) < 4.78 is 68.7. The number of hydrogen-bond donors (Lipinski definition) is 1. The van der Waals surface area contributed by atoms with Crippen LogP contribution in [0.15, 0.2) is 91.0 Å². The number of aromatic hydroxyl groups is 1. The quantitative estimate of drug-likeness (QED) is 0.0682. The maximum Gasteiger partial charge on any atom is 0.453 e. The van der Waals surface area contributed by atoms with E-state index in [4.69, 9.17) is 4.74 Å². The van der Waals surface area contributed by atoms with Gasteiger partial charge in [0.2, 0.25) is 5.91 Å². The minimum absolute atomic E-state index is 0.169. The topological polar surface area (TPSA) is 53.0 Å². The van der Waals surface area contributed by atoms with Crippen molar-refractivity contribution in [2.75, 3.05) is 40.3 Å². The number of allylic oxidation sites excluding steroid dienone is 1. The molecule has 0 radical (unpaired) electrons. The Morgan fingerprint density at radius 1 is 0.809 bits per heavy atom. The molecule has 0 saturated carbocycles. The Bertz CT molecular complexity index is 1450. The fraction of sp³-hybridized carbons (Fsp3) is 0.378. The second-order valence-electron chi connectivity index (χ2n) is 11.4. The number of hydrogen-bond acceptors (Lipinski definition) is 4. The van der Waals surface area contributed by atoms with Crippen molar-refractivity contribution in [1.82, 2.24) is 9.80 Å². The number of amides is 1. The zero-order valence-corrected chi connectivity index (χ0v) is 27.1. The Balaban J connectivity index is 1.47. The molecule has 0 heterocycles. The zero-order chi connectivity index (χ0) is 34.5. The molecular weight excluding hydrogens is 615 g/mol. The minimum Gasteiger partial charge on any atom is -0.508 e. The fourth-order valence-electron chi connectivity index (χ4n) is 5.02. The number of ether oxygens (including phenoxy) is 1. The molecule has 0 fully saturated rings. The van der Waals surface area contributed by atoms with Gasteiger partial charge in [0.05, 0.1) is 0 Å². The van der Waals surface area contributed by atoms with E-state index in [1.807, 2.05) is 66.5 Å². The normalized spacial score (nSPS) is 12.8. The summed E-state index contributed by atoms with van der Waals surface area (Å²) in [7, 11) is 3.46. The van der Waals surface area contributed by atoms with Crippen LogP contribution in [0.2, 0.25) is 0 Å². The number of benzene rings is 3. The predicted molar refractivity (Wildman–Crippen MR) is 176 cm³/mol. The largest absolute Gasteiger partial charge is 0.508 e. The van der Waals surface area contributed by atoms with Gasteiger partial charge in [-0.05, 0) is 78.4 Å². The van der Waals surface area contributed by atoms with Gasteiger partial charge in [-0.2, -0.15) is 22.0 Å². The van der Waals surface area contributed by atoms with Gasteiger partial charge < -0.3 is 14.7 Å². The second-order valence-corrected chi connectivity index (χ2v) is 11.4. The van der Waals surface area contributed by atoms with Gasteiger partial charge in [-0.25, -0.2) is 0 Å². The first kappa shape index (κ1) is 37.3. The van der Waals surface area contributed by atoms with Crippen LogP contribution in [0.4, 0.5) is 22.0 Å². The van der Waals surface area contributed by atoms with E-state index in [1.165, 1.54) is 16.5 Å². The molecule has 5 nitrogen and oxygen atoms in total. The average Bonchev–Trinajstić information content (AvgIpc) is 3.04. The van der Waals surface area contributed by atoms with Crippen molar-refractivity contribution in [1.29, 1.82) is 0 Å². The van der Waals surface area contributed by atoms with E-state index in [1.54, 1.807) is 25.3 Å². The maximum atomic E-state index is 13.0. The summed E-state index contributed by atoms with van der Waals surface area (Å²) in [4.78, 5) is 15.7. The number of halogens is 5. The van der Waals surface area contributed by atoms with Crippen LogP contribution in [0.25, 0.3) is 11.1 Å². The first-order valence-electron chi connectivity index (χ1n) is 15.7. The molecule has 10 heteroatoms. The standard InChI is InChI=1S/C37H43F5N2O3/c1-4-33(28-12-7-5-8-13-28)35(29-15-19-31(45)20-16-29)30-17-21-32(22-18-30)47-27-26-43(2)24-11-14-34(46)44(3)25-10-6-9-23-36(38,39)37(40,41)42/h5,7-8,11-22,45H,4,6,9-10,23-27H2,1-3H3. The van der Waals surface area contributed by atoms with Crippen LogP contribution in [0.5, 0.6) is 11.5 Å². The van der Waals surface area contributed by atoms with E-state index >= 15 is 0 Å². The van der Waals surface area contributed by atoms with Crippen LogP contribution >= 0.6 is 0 Å². The highest BCUT2D eigenvalue weighted by Gasteiger charge is 2.56. The van der Waals surface area contributed by atoms with Crippen molar-refractivity contribution < 1.29 is 36.6 Å². The smallest absolute Gasteiger partial charge is 0.453 e. The molecule has 0 aromatic heterocycles. The van der Waals surface area contributed by atoms with Crippen molar-refractivity contribution in [3.63, 3.8) is 0 Å². The first-order valence-corrected chi connectivity index (χ1v) is 15.7. The van der Waals surface area contributed by atoms with Crippen LogP contribution < -0.4 is 4.74 Å². The summed E-state index contributed by atoms with van der Waals surface area (Å²) in [5.41, 5.74) is 5.45. The van der Waals surface area contributed by atoms with E-state index in [0.29, 0.717) is 26.1 Å². The van der Waals surface area contributed by atoms with Crippen molar-refractivity contribution >= 4 is 17.1 Å². The summed E-state index contributed by atoms with van der Waals surface area (Å²) in [6.45, 7) is 3.92. The summed E-state index contributed by atoms with van der Waals surface area (Å²) in [5, 5.41) is 9.85. The maximum absolute atomic E-state index is 13.0. The molecule has 47 heavy (non-hydrogen) atoms. The molecular formula is C37H43F5N2O3. The van der Waals surface area contributed by atoms with Gasteiger partial charge in [-0.15, -0.1) is 0 Å². The number of carbonyl (C=O) groups is 1. The van der Waals surface area contributed by atoms with Gasteiger partial charge in [-0.1, -0.05) is 74.0 Å². The van der Waals surface area contributed by atoms with E-state index in [9.17, 15) is 31.9 Å². The molecule has 0 spiro atoms. The Labute approximate surface area is 274 Å². The summed E-state index contributed by atoms with van der Waals surface area (Å²) in [6.07, 6.45) is -2.59. The number of likely N-dealkylation sites (N-methyl/N-ethyl adjacent to an activating group) is 2. The number of carbonyl (C=O) groups excluding carboxylic acids is 1. The van der Waals surface area contributed by atoms with Crippen LogP contribution in [0.3, 0.4) is 0 Å². The lowest BCUT2D eigenvalue weighted by atomic mass is 9.88. The molecule has 1 amide bonds. The predicted octanol–water partition coefficient (Wildman–Crippen LogP) is 8.84. The van der Waals surface area contributed by atoms with Gasteiger partial charge in [0.1, 0.15) is 18.1 Å². The highest BCUT2D eigenvalue weighted by atomic mass is 19.4. The number of rotatable bonds is 17. The lowest BCUT2D eigenvalue weighted by Crippen LogP contribution is -2.36. The highest BCUT2D eigenvalue weighted by molar-refractivity contribution is 5.98. The minimum atomic E-state index is -5.53. The second kappa shape index (κ2) is 17.7. The van der Waals surface area contributed by atoms with Crippen molar-refractivity contribution in [2.45, 2.75) is 51.1 Å². The third-order valence-electron chi connectivity index (χ3n) is 7.77. The number of unbranched alkanes of at least 4 members (excludes halogenated alkanes) is 2. The summed E-state index contributed by atoms with van der Waals surface area (Å²) in [5.74, 6) is -4.02. The zero-order valence-electron chi connectivity index (χ0n) is 27.1. The van der Waals surface area contributed by atoms with Gasteiger partial charge in [-0.3, -0.25) is 9.69 Å². The summed E-state index contributed by atoms with van der Waals surface area (Å²) >= 11 is 0. The number of nitrogens with zero attached hydrogens (tertiary/aromatic N) is 2. The molecule has 0 bridgehead atoms. The van der Waals surface area contributed by atoms with Gasteiger partial charge in [0, 0.05) is 39.2 Å². The van der Waals surface area contributed by atoms with E-state index in [2.05, 4.69) is 19.1 Å². The molecule has 3 aromatic carbocycles. The summed E-state index contributed by atoms with van der Waals surface area (Å²) in [6, 6.07) is 25.4. The molecule has 0 atom stereocenters. The Kier molecular flexibility index (Phi) is 14.0. The molecule has 0 aliphatic heterocycles. The van der Waals surface area contributed by atoms with Gasteiger partial charge >= 0.3 is 12.1 Å². The Hall–Kier alpha value is -4.18. The van der Waals surface area contributed by atoms with E-state index < -0.39 is 18.5 Å². The number of phenols is 1.